The minimum Gasteiger partial charge on any atom is -0.459 e. The molecular weight excluding hydrogens is 238 g/mol. The van der Waals surface area contributed by atoms with E-state index in [4.69, 9.17) is 9.52 Å². The van der Waals surface area contributed by atoms with Crippen LogP contribution in [0.5, 0.6) is 0 Å². The normalized spacial score (nSPS) is 14.7. The molecule has 1 aromatic carbocycles. The second kappa shape index (κ2) is 6.22. The zero-order chi connectivity index (χ0) is 13.8. The van der Waals surface area contributed by atoms with Crippen LogP contribution in [-0.2, 0) is 6.42 Å². The number of benzene rings is 1. The molecule has 2 rings (SSSR count). The van der Waals surface area contributed by atoms with Crippen LogP contribution >= 0.6 is 0 Å². The molecule has 2 N–H and O–H groups in total. The maximum atomic E-state index is 8.97. The third kappa shape index (κ3) is 2.99. The molecule has 19 heavy (non-hydrogen) atoms. The maximum Gasteiger partial charge on any atom is 0.134 e. The predicted molar refractivity (Wildman–Crippen MR) is 78.3 cm³/mol. The largest absolute Gasteiger partial charge is 0.459 e. The van der Waals surface area contributed by atoms with Gasteiger partial charge in [-0.15, -0.1) is 0 Å². The van der Waals surface area contributed by atoms with E-state index in [1.807, 2.05) is 18.2 Å². The van der Waals surface area contributed by atoms with Crippen molar-refractivity contribution in [3.63, 3.8) is 0 Å². The molecule has 3 heteroatoms. The van der Waals surface area contributed by atoms with Crippen LogP contribution in [0.2, 0.25) is 0 Å². The van der Waals surface area contributed by atoms with E-state index in [0.29, 0.717) is 0 Å². The first kappa shape index (κ1) is 14.1. The first-order valence-electron chi connectivity index (χ1n) is 7.04. The molecular formula is C16H23NO2. The van der Waals surface area contributed by atoms with Gasteiger partial charge in [-0.2, -0.15) is 0 Å². The lowest BCUT2D eigenvalue weighted by Gasteiger charge is -2.18. The second-order valence-corrected chi connectivity index (χ2v) is 5.10. The molecule has 0 saturated carbocycles. The van der Waals surface area contributed by atoms with Gasteiger partial charge in [0, 0.05) is 23.6 Å². The third-order valence-electron chi connectivity index (χ3n) is 3.57. The number of aryl methyl sites for hydroxylation is 1. The Labute approximate surface area is 114 Å². The van der Waals surface area contributed by atoms with E-state index in [1.54, 1.807) is 0 Å². The fraction of sp³-hybridized carbons (Fsp3) is 0.500. The number of fused-ring (bicyclic) bond motifs is 1. The van der Waals surface area contributed by atoms with Crippen molar-refractivity contribution in [2.24, 2.45) is 0 Å². The topological polar surface area (TPSA) is 45.4 Å². The summed E-state index contributed by atoms with van der Waals surface area (Å²) in [6.07, 6.45) is 1.72. The average Bonchev–Trinajstić information content (AvgIpc) is 2.77. The van der Waals surface area contributed by atoms with Crippen molar-refractivity contribution in [1.82, 2.24) is 5.32 Å². The molecule has 1 aromatic heterocycles. The number of hydrogen-bond acceptors (Lipinski definition) is 3. The van der Waals surface area contributed by atoms with Crippen LogP contribution in [0, 0.1) is 0 Å². The minimum atomic E-state index is 0.156. The van der Waals surface area contributed by atoms with Crippen molar-refractivity contribution in [1.29, 1.82) is 0 Å². The van der Waals surface area contributed by atoms with Crippen LogP contribution in [0.15, 0.2) is 28.7 Å². The van der Waals surface area contributed by atoms with E-state index in [0.717, 1.165) is 24.2 Å². The fourth-order valence-electron chi connectivity index (χ4n) is 2.61. The number of aliphatic hydroxyl groups excluding tert-OH is 1. The van der Waals surface area contributed by atoms with Gasteiger partial charge in [0.1, 0.15) is 11.3 Å². The molecule has 0 bridgehead atoms. The number of hydrogen-bond donors (Lipinski definition) is 2. The van der Waals surface area contributed by atoms with E-state index < -0.39 is 0 Å². The van der Waals surface area contributed by atoms with Gasteiger partial charge < -0.3 is 14.8 Å². The zero-order valence-electron chi connectivity index (χ0n) is 11.9. The van der Waals surface area contributed by atoms with Crippen LogP contribution in [0.4, 0.5) is 0 Å². The summed E-state index contributed by atoms with van der Waals surface area (Å²) in [5, 5.41) is 13.7. The summed E-state index contributed by atoms with van der Waals surface area (Å²) >= 11 is 0. The number of para-hydroxylation sites is 1. The Balaban J connectivity index is 2.28. The summed E-state index contributed by atoms with van der Waals surface area (Å²) in [6.45, 7) is 6.57. The standard InChI is InChI=1S/C16H23NO2/c1-4-13-14-7-5-6-8-15(14)19-16(13)12(3)17-11(2)9-10-18/h5-8,11-12,17-18H,4,9-10H2,1-3H3. The summed E-state index contributed by atoms with van der Waals surface area (Å²) in [6, 6.07) is 8.61. The molecule has 1 heterocycles. The number of aliphatic hydroxyl groups is 1. The van der Waals surface area contributed by atoms with Gasteiger partial charge in [0.15, 0.2) is 0 Å². The number of rotatable bonds is 6. The van der Waals surface area contributed by atoms with E-state index in [1.165, 1.54) is 10.9 Å². The molecule has 0 saturated heterocycles. The van der Waals surface area contributed by atoms with E-state index in [9.17, 15) is 0 Å². The molecule has 2 unspecified atom stereocenters. The molecule has 104 valence electrons. The first-order chi connectivity index (χ1) is 9.17. The Morgan fingerprint density at radius 1 is 1.26 bits per heavy atom. The van der Waals surface area contributed by atoms with Crippen LogP contribution in [0.1, 0.15) is 44.6 Å². The highest BCUT2D eigenvalue weighted by Gasteiger charge is 2.19. The molecule has 0 aliphatic carbocycles. The summed E-state index contributed by atoms with van der Waals surface area (Å²) in [5.74, 6) is 1.02. The summed E-state index contributed by atoms with van der Waals surface area (Å²) in [4.78, 5) is 0. The maximum absolute atomic E-state index is 8.97. The van der Waals surface area contributed by atoms with Crippen LogP contribution in [0.3, 0.4) is 0 Å². The van der Waals surface area contributed by atoms with Crippen LogP contribution < -0.4 is 5.32 Å². The lowest BCUT2D eigenvalue weighted by molar-refractivity contribution is 0.261. The van der Waals surface area contributed by atoms with Gasteiger partial charge in [0.2, 0.25) is 0 Å². The van der Waals surface area contributed by atoms with Gasteiger partial charge in [-0.3, -0.25) is 0 Å². The van der Waals surface area contributed by atoms with Gasteiger partial charge >= 0.3 is 0 Å². The van der Waals surface area contributed by atoms with Gasteiger partial charge in [-0.25, -0.2) is 0 Å². The molecule has 0 amide bonds. The Bertz CT molecular complexity index is 533. The average molecular weight is 261 g/mol. The van der Waals surface area contributed by atoms with Crippen molar-refractivity contribution in [3.05, 3.63) is 35.6 Å². The quantitative estimate of drug-likeness (QED) is 0.837. The highest BCUT2D eigenvalue weighted by atomic mass is 16.3. The molecule has 0 aliphatic heterocycles. The minimum absolute atomic E-state index is 0.156. The monoisotopic (exact) mass is 261 g/mol. The molecule has 0 spiro atoms. The summed E-state index contributed by atoms with van der Waals surface area (Å²) < 4.78 is 6.01. The van der Waals surface area contributed by atoms with Gasteiger partial charge in [-0.05, 0) is 32.8 Å². The van der Waals surface area contributed by atoms with Gasteiger partial charge in [0.25, 0.3) is 0 Å². The Morgan fingerprint density at radius 2 is 2.00 bits per heavy atom. The Morgan fingerprint density at radius 3 is 2.68 bits per heavy atom. The molecule has 0 radical (unpaired) electrons. The number of furan rings is 1. The highest BCUT2D eigenvalue weighted by molar-refractivity contribution is 5.82. The smallest absolute Gasteiger partial charge is 0.134 e. The van der Waals surface area contributed by atoms with Crippen LogP contribution in [0.25, 0.3) is 11.0 Å². The molecule has 3 nitrogen and oxygen atoms in total. The first-order valence-corrected chi connectivity index (χ1v) is 7.04. The molecule has 0 fully saturated rings. The van der Waals surface area contributed by atoms with Crippen molar-refractivity contribution < 1.29 is 9.52 Å². The van der Waals surface area contributed by atoms with Crippen molar-refractivity contribution >= 4 is 11.0 Å². The SMILES string of the molecule is CCc1c(C(C)NC(C)CCO)oc2ccccc12. The molecule has 2 atom stereocenters. The van der Waals surface area contributed by atoms with E-state index in [-0.39, 0.29) is 18.7 Å². The van der Waals surface area contributed by atoms with E-state index in [2.05, 4.69) is 32.2 Å². The molecule has 2 aromatic rings. The highest BCUT2D eigenvalue weighted by Crippen LogP contribution is 2.30. The van der Waals surface area contributed by atoms with Crippen molar-refractivity contribution in [2.75, 3.05) is 6.61 Å². The van der Waals surface area contributed by atoms with E-state index >= 15 is 0 Å². The summed E-state index contributed by atoms with van der Waals surface area (Å²) in [5.41, 5.74) is 2.24. The molecule has 0 aliphatic rings. The van der Waals surface area contributed by atoms with Crippen molar-refractivity contribution in [3.8, 4) is 0 Å². The third-order valence-corrected chi connectivity index (χ3v) is 3.57. The second-order valence-electron chi connectivity index (χ2n) is 5.10. The lowest BCUT2D eigenvalue weighted by atomic mass is 10.0. The van der Waals surface area contributed by atoms with Gasteiger partial charge in [-0.1, -0.05) is 25.1 Å². The zero-order valence-corrected chi connectivity index (χ0v) is 11.9. The van der Waals surface area contributed by atoms with Crippen molar-refractivity contribution in [2.45, 2.75) is 45.7 Å². The Kier molecular flexibility index (Phi) is 4.61. The summed E-state index contributed by atoms with van der Waals surface area (Å²) in [7, 11) is 0. The Hall–Kier alpha value is -1.32. The number of nitrogens with one attached hydrogen (secondary N) is 1. The van der Waals surface area contributed by atoms with Gasteiger partial charge in [0.05, 0.1) is 6.04 Å². The lowest BCUT2D eigenvalue weighted by Crippen LogP contribution is -2.29. The fourth-order valence-corrected chi connectivity index (χ4v) is 2.61. The predicted octanol–water partition coefficient (Wildman–Crippen LogP) is 3.42. The van der Waals surface area contributed by atoms with Crippen LogP contribution in [-0.4, -0.2) is 17.8 Å².